The molecule has 3 heterocycles. The van der Waals surface area contributed by atoms with Gasteiger partial charge in [-0.2, -0.15) is 0 Å². The molecule has 0 fully saturated rings. The smallest absolute Gasteiger partial charge is 0.236 e. The van der Waals surface area contributed by atoms with Crippen LogP contribution in [0.5, 0.6) is 0 Å². The predicted molar refractivity (Wildman–Crippen MR) is 107 cm³/mol. The molecule has 0 aliphatic heterocycles. The number of amides is 1. The molecule has 0 bridgehead atoms. The summed E-state index contributed by atoms with van der Waals surface area (Å²) in [7, 11) is 0. The number of hydrogen-bond donors (Lipinski definition) is 1. The van der Waals surface area contributed by atoms with Crippen LogP contribution in [-0.2, 0) is 17.8 Å². The molecule has 0 aliphatic rings. The van der Waals surface area contributed by atoms with Crippen LogP contribution in [0.25, 0.3) is 11.4 Å². The standard InChI is InChI=1S/C16H18N6OS3/c1-3-5-12-7-11(8-24-12)14-19-21-16(22(14)6-4-2)25-9-13(23)18-15-20-17-10-26-15/h4,7-8,10H,2-3,5-6,9H2,1H3,(H,18,20,23). The maximum atomic E-state index is 12.0. The third kappa shape index (κ3) is 4.57. The van der Waals surface area contributed by atoms with Gasteiger partial charge in [-0.25, -0.2) is 0 Å². The van der Waals surface area contributed by atoms with Crippen molar-refractivity contribution in [1.82, 2.24) is 25.0 Å². The first kappa shape index (κ1) is 18.7. The molecule has 1 amide bonds. The number of nitrogens with one attached hydrogen (secondary N) is 1. The summed E-state index contributed by atoms with van der Waals surface area (Å²) in [5.41, 5.74) is 2.63. The van der Waals surface area contributed by atoms with Gasteiger partial charge in [0.25, 0.3) is 0 Å². The van der Waals surface area contributed by atoms with Crippen molar-refractivity contribution in [2.75, 3.05) is 11.1 Å². The highest BCUT2D eigenvalue weighted by Crippen LogP contribution is 2.28. The van der Waals surface area contributed by atoms with Crippen molar-refractivity contribution in [3.63, 3.8) is 0 Å². The minimum absolute atomic E-state index is 0.151. The first-order valence-corrected chi connectivity index (χ1v) is 10.8. The number of thioether (sulfide) groups is 1. The maximum absolute atomic E-state index is 12.0. The van der Waals surface area contributed by atoms with Gasteiger partial charge in [0.2, 0.25) is 11.0 Å². The zero-order valence-electron chi connectivity index (χ0n) is 14.2. The highest BCUT2D eigenvalue weighted by atomic mass is 32.2. The van der Waals surface area contributed by atoms with Gasteiger partial charge in [-0.15, -0.1) is 38.3 Å². The summed E-state index contributed by atoms with van der Waals surface area (Å²) in [6, 6.07) is 2.16. The molecule has 0 spiro atoms. The number of anilines is 1. The normalized spacial score (nSPS) is 10.8. The molecule has 0 atom stereocenters. The van der Waals surface area contributed by atoms with Crippen LogP contribution >= 0.6 is 34.4 Å². The molecule has 0 aliphatic carbocycles. The van der Waals surface area contributed by atoms with E-state index < -0.39 is 0 Å². The number of carbonyl (C=O) groups excluding carboxylic acids is 1. The molecule has 0 aromatic carbocycles. The van der Waals surface area contributed by atoms with E-state index in [1.165, 1.54) is 28.0 Å². The largest absolute Gasteiger partial charge is 0.300 e. The van der Waals surface area contributed by atoms with Gasteiger partial charge >= 0.3 is 0 Å². The Morgan fingerprint density at radius 2 is 2.27 bits per heavy atom. The van der Waals surface area contributed by atoms with Crippen LogP contribution in [0.1, 0.15) is 18.2 Å². The lowest BCUT2D eigenvalue weighted by Crippen LogP contribution is -2.14. The van der Waals surface area contributed by atoms with Crippen LogP contribution in [-0.4, -0.2) is 36.6 Å². The Morgan fingerprint density at radius 3 is 3.00 bits per heavy atom. The molecule has 0 radical (unpaired) electrons. The van der Waals surface area contributed by atoms with E-state index in [1.807, 2.05) is 4.57 Å². The second-order valence-corrected chi connectivity index (χ2v) is 8.11. The van der Waals surface area contributed by atoms with Crippen LogP contribution in [0.4, 0.5) is 5.13 Å². The topological polar surface area (TPSA) is 85.6 Å². The fourth-order valence-electron chi connectivity index (χ4n) is 2.29. The van der Waals surface area contributed by atoms with Gasteiger partial charge in [-0.1, -0.05) is 42.5 Å². The van der Waals surface area contributed by atoms with Crippen LogP contribution in [0.2, 0.25) is 0 Å². The molecule has 10 heteroatoms. The summed E-state index contributed by atoms with van der Waals surface area (Å²) in [6.45, 7) is 6.57. The minimum Gasteiger partial charge on any atom is -0.300 e. The Labute approximate surface area is 163 Å². The Morgan fingerprint density at radius 1 is 1.38 bits per heavy atom. The molecule has 3 aromatic rings. The molecule has 0 saturated carbocycles. The van der Waals surface area contributed by atoms with Crippen molar-refractivity contribution in [3.8, 4) is 11.4 Å². The molecule has 136 valence electrons. The zero-order chi connectivity index (χ0) is 18.4. The summed E-state index contributed by atoms with van der Waals surface area (Å²) < 4.78 is 1.98. The summed E-state index contributed by atoms with van der Waals surface area (Å²) in [5.74, 6) is 0.873. The third-order valence-corrected chi connectivity index (χ3v) is 5.95. The van der Waals surface area contributed by atoms with E-state index in [2.05, 4.69) is 50.7 Å². The second-order valence-electron chi connectivity index (χ2n) is 5.34. The van der Waals surface area contributed by atoms with Crippen LogP contribution < -0.4 is 5.32 Å². The zero-order valence-corrected chi connectivity index (χ0v) is 16.7. The Balaban J connectivity index is 1.71. The maximum Gasteiger partial charge on any atom is 0.236 e. The van der Waals surface area contributed by atoms with Gasteiger partial charge in [-0.3, -0.25) is 14.7 Å². The molecule has 3 rings (SSSR count). The second kappa shape index (κ2) is 9.06. The third-order valence-electron chi connectivity index (χ3n) is 3.38. The number of nitrogens with zero attached hydrogens (tertiary/aromatic N) is 5. The lowest BCUT2D eigenvalue weighted by atomic mass is 10.2. The average Bonchev–Trinajstić information content (AvgIpc) is 3.35. The highest BCUT2D eigenvalue weighted by Gasteiger charge is 2.16. The molecular formula is C16H18N6OS3. The summed E-state index contributed by atoms with van der Waals surface area (Å²) in [5, 5.41) is 22.1. The van der Waals surface area contributed by atoms with Crippen molar-refractivity contribution in [2.45, 2.75) is 31.5 Å². The first-order chi connectivity index (χ1) is 12.7. The Bertz CT molecular complexity index is 871. The van der Waals surface area contributed by atoms with Crippen LogP contribution in [0.3, 0.4) is 0 Å². The van der Waals surface area contributed by atoms with Gasteiger partial charge in [-0.05, 0) is 12.5 Å². The van der Waals surface area contributed by atoms with Gasteiger partial charge in [0.05, 0.1) is 5.75 Å². The van der Waals surface area contributed by atoms with Gasteiger partial charge < -0.3 is 0 Å². The highest BCUT2D eigenvalue weighted by molar-refractivity contribution is 7.99. The number of aryl methyl sites for hydroxylation is 1. The average molecular weight is 407 g/mol. The number of carbonyl (C=O) groups is 1. The summed E-state index contributed by atoms with van der Waals surface area (Å²) in [4.78, 5) is 13.4. The lowest BCUT2D eigenvalue weighted by molar-refractivity contribution is -0.113. The van der Waals surface area contributed by atoms with Crippen molar-refractivity contribution in [3.05, 3.63) is 34.5 Å². The number of rotatable bonds is 9. The van der Waals surface area contributed by atoms with E-state index in [0.717, 1.165) is 24.2 Å². The first-order valence-electron chi connectivity index (χ1n) is 8.02. The van der Waals surface area contributed by atoms with E-state index >= 15 is 0 Å². The van der Waals surface area contributed by atoms with E-state index in [1.54, 1.807) is 22.9 Å². The molecule has 0 saturated heterocycles. The van der Waals surface area contributed by atoms with E-state index in [0.29, 0.717) is 16.8 Å². The Hall–Kier alpha value is -2.04. The van der Waals surface area contributed by atoms with Crippen molar-refractivity contribution in [1.29, 1.82) is 0 Å². The molecule has 3 aromatic heterocycles. The number of hydrogen-bond acceptors (Lipinski definition) is 8. The van der Waals surface area contributed by atoms with Gasteiger partial charge in [0.1, 0.15) is 5.51 Å². The summed E-state index contributed by atoms with van der Waals surface area (Å²) in [6.07, 6.45) is 3.98. The molecular weight excluding hydrogens is 388 g/mol. The molecule has 7 nitrogen and oxygen atoms in total. The molecule has 1 N–H and O–H groups in total. The fourth-order valence-corrected chi connectivity index (χ4v) is 4.47. The van der Waals surface area contributed by atoms with Crippen LogP contribution in [0.15, 0.2) is 34.8 Å². The van der Waals surface area contributed by atoms with Crippen molar-refractivity contribution >= 4 is 45.5 Å². The monoisotopic (exact) mass is 406 g/mol. The van der Waals surface area contributed by atoms with E-state index in [9.17, 15) is 4.79 Å². The minimum atomic E-state index is -0.151. The van der Waals surface area contributed by atoms with E-state index in [-0.39, 0.29) is 11.7 Å². The summed E-state index contributed by atoms with van der Waals surface area (Å²) >= 11 is 4.36. The SMILES string of the molecule is C=CCn1c(SCC(=O)Nc2nncs2)nnc1-c1csc(CCC)c1. The number of thiophene rings is 1. The van der Waals surface area contributed by atoms with Crippen molar-refractivity contribution in [2.24, 2.45) is 0 Å². The van der Waals surface area contributed by atoms with Crippen LogP contribution in [0, 0.1) is 0 Å². The molecule has 26 heavy (non-hydrogen) atoms. The fraction of sp³-hybridized carbons (Fsp3) is 0.312. The number of aromatic nitrogens is 5. The Kier molecular flexibility index (Phi) is 6.53. The van der Waals surface area contributed by atoms with Crippen molar-refractivity contribution < 1.29 is 4.79 Å². The predicted octanol–water partition coefficient (Wildman–Crippen LogP) is 3.73. The molecule has 0 unspecified atom stereocenters. The van der Waals surface area contributed by atoms with Gasteiger partial charge in [0, 0.05) is 22.4 Å². The van der Waals surface area contributed by atoms with Gasteiger partial charge in [0.15, 0.2) is 11.0 Å². The van der Waals surface area contributed by atoms with E-state index in [4.69, 9.17) is 0 Å². The quantitative estimate of drug-likeness (QED) is 0.430. The lowest BCUT2D eigenvalue weighted by Gasteiger charge is -2.06. The number of allylic oxidation sites excluding steroid dienone is 1.